The van der Waals surface area contributed by atoms with E-state index in [1.165, 1.54) is 17.4 Å². The van der Waals surface area contributed by atoms with Gasteiger partial charge < -0.3 is 9.80 Å². The number of carbonyl (C=O) groups excluding carboxylic acids is 1. The number of rotatable bonds is 11. The molecule has 0 saturated carbocycles. The zero-order valence-corrected chi connectivity index (χ0v) is 25.5. The lowest BCUT2D eigenvalue weighted by molar-refractivity contribution is -0.122. The van der Waals surface area contributed by atoms with Gasteiger partial charge in [-0.05, 0) is 43.5 Å². The fourth-order valence-corrected chi connectivity index (χ4v) is 6.63. The Morgan fingerprint density at radius 1 is 0.950 bits per heavy atom. The minimum Gasteiger partial charge on any atom is -0.368 e. The summed E-state index contributed by atoms with van der Waals surface area (Å²) in [5, 5.41) is 9.97. The average molecular weight is 578 g/mol. The van der Waals surface area contributed by atoms with Crippen LogP contribution in [0.15, 0.2) is 40.0 Å². The predicted molar refractivity (Wildman–Crippen MR) is 170 cm³/mol. The summed E-state index contributed by atoms with van der Waals surface area (Å²) < 4.78 is 2.34. The van der Waals surface area contributed by atoms with E-state index in [1.807, 2.05) is 31.2 Å². The number of thioether (sulfide) groups is 1. The molecule has 3 heterocycles. The first kappa shape index (κ1) is 29.9. The molecule has 40 heavy (non-hydrogen) atoms. The van der Waals surface area contributed by atoms with Crippen molar-refractivity contribution in [3.8, 4) is 6.07 Å². The maximum Gasteiger partial charge on any atom is 0.270 e. The SMILES string of the molecule is CCCCCCN1C(=O)C(=Cc2c(C)c(C#N)c(=O)n(CCCC)c2N2CCN(c3ccccc3)CC2)SC1=S. The highest BCUT2D eigenvalue weighted by Gasteiger charge is 2.33. The topological polar surface area (TPSA) is 72.6 Å². The Balaban J connectivity index is 1.73. The number of anilines is 2. The number of hydrogen-bond acceptors (Lipinski definition) is 7. The van der Waals surface area contributed by atoms with Gasteiger partial charge in [0.05, 0.1) is 4.91 Å². The standard InChI is InChI=1S/C31H39N5O2S2/c1-4-6-8-12-16-36-30(38)27(40-31(36)39)21-25-23(3)26(22-32)29(37)35(15-7-5-2)28(25)34-19-17-33(18-20-34)24-13-10-9-11-14-24/h9-11,13-14,21H,4-8,12,15-20H2,1-3H3. The van der Waals surface area contributed by atoms with Crippen molar-refractivity contribution in [2.24, 2.45) is 0 Å². The molecule has 0 spiro atoms. The number of benzene rings is 1. The molecule has 2 aliphatic heterocycles. The number of unbranched alkanes of at least 4 members (excludes halogenated alkanes) is 4. The second kappa shape index (κ2) is 14.0. The van der Waals surface area contributed by atoms with Gasteiger partial charge in [0.1, 0.15) is 21.8 Å². The van der Waals surface area contributed by atoms with Crippen LogP contribution >= 0.6 is 24.0 Å². The number of para-hydroxylation sites is 1. The van der Waals surface area contributed by atoms with Crippen LogP contribution in [0.3, 0.4) is 0 Å². The van der Waals surface area contributed by atoms with Gasteiger partial charge in [-0.25, -0.2) is 0 Å². The molecule has 2 aromatic rings. The van der Waals surface area contributed by atoms with Gasteiger partial charge in [0, 0.05) is 50.5 Å². The number of nitriles is 1. The summed E-state index contributed by atoms with van der Waals surface area (Å²) in [5.41, 5.74) is 2.46. The minimum atomic E-state index is -0.255. The van der Waals surface area contributed by atoms with Crippen LogP contribution in [0.1, 0.15) is 69.1 Å². The molecule has 1 amide bonds. The third-order valence-electron chi connectivity index (χ3n) is 7.67. The fourth-order valence-electron chi connectivity index (χ4n) is 5.34. The van der Waals surface area contributed by atoms with Gasteiger partial charge >= 0.3 is 0 Å². The average Bonchev–Trinajstić information content (AvgIpc) is 3.24. The van der Waals surface area contributed by atoms with Gasteiger partial charge in [-0.1, -0.05) is 81.7 Å². The molecular formula is C31H39N5O2S2. The maximum absolute atomic E-state index is 13.6. The third kappa shape index (κ3) is 6.45. The Labute approximate surface area is 247 Å². The summed E-state index contributed by atoms with van der Waals surface area (Å²) in [7, 11) is 0. The first-order valence-corrected chi connectivity index (χ1v) is 15.6. The first-order chi connectivity index (χ1) is 19.4. The molecule has 0 bridgehead atoms. The van der Waals surface area contributed by atoms with Gasteiger partial charge in [-0.15, -0.1) is 0 Å². The lowest BCUT2D eigenvalue weighted by Crippen LogP contribution is -2.48. The lowest BCUT2D eigenvalue weighted by Gasteiger charge is -2.39. The number of thiocarbonyl (C=S) groups is 1. The molecule has 0 radical (unpaired) electrons. The smallest absolute Gasteiger partial charge is 0.270 e. The molecule has 2 saturated heterocycles. The summed E-state index contributed by atoms with van der Waals surface area (Å²) in [4.78, 5) is 33.9. The van der Waals surface area contributed by atoms with Crippen molar-refractivity contribution in [2.45, 2.75) is 65.8 Å². The minimum absolute atomic E-state index is 0.0874. The lowest BCUT2D eigenvalue weighted by atomic mass is 10.0. The van der Waals surface area contributed by atoms with Crippen LogP contribution in [0, 0.1) is 18.3 Å². The van der Waals surface area contributed by atoms with Crippen LogP contribution in [0.25, 0.3) is 6.08 Å². The number of nitrogens with zero attached hydrogens (tertiary/aromatic N) is 5. The van der Waals surface area contributed by atoms with Gasteiger partial charge in [0.15, 0.2) is 0 Å². The van der Waals surface area contributed by atoms with Gasteiger partial charge in [-0.2, -0.15) is 5.26 Å². The number of pyridine rings is 1. The predicted octanol–water partition coefficient (Wildman–Crippen LogP) is 5.94. The van der Waals surface area contributed by atoms with Crippen LogP contribution in [-0.2, 0) is 11.3 Å². The zero-order valence-electron chi connectivity index (χ0n) is 23.8. The van der Waals surface area contributed by atoms with Crippen molar-refractivity contribution in [1.82, 2.24) is 9.47 Å². The quantitative estimate of drug-likeness (QED) is 0.186. The van der Waals surface area contributed by atoms with Crippen LogP contribution in [0.5, 0.6) is 0 Å². The Bertz CT molecular complexity index is 1350. The second-order valence-corrected chi connectivity index (χ2v) is 12.0. The van der Waals surface area contributed by atoms with Gasteiger partial charge in [0.2, 0.25) is 0 Å². The van der Waals surface area contributed by atoms with Crippen molar-refractivity contribution in [3.05, 3.63) is 62.3 Å². The van der Waals surface area contributed by atoms with E-state index in [4.69, 9.17) is 12.2 Å². The van der Waals surface area contributed by atoms with E-state index < -0.39 is 0 Å². The third-order valence-corrected chi connectivity index (χ3v) is 9.04. The molecule has 1 aromatic carbocycles. The highest BCUT2D eigenvalue weighted by molar-refractivity contribution is 8.26. The molecule has 9 heteroatoms. The monoisotopic (exact) mass is 577 g/mol. The van der Waals surface area contributed by atoms with E-state index in [0.717, 1.165) is 76.1 Å². The van der Waals surface area contributed by atoms with Crippen LogP contribution in [0.4, 0.5) is 11.5 Å². The largest absolute Gasteiger partial charge is 0.368 e. The highest BCUT2D eigenvalue weighted by Crippen LogP contribution is 2.36. The molecule has 7 nitrogen and oxygen atoms in total. The summed E-state index contributed by atoms with van der Waals surface area (Å²) in [5.74, 6) is 0.714. The van der Waals surface area contributed by atoms with E-state index in [1.54, 1.807) is 9.47 Å². The molecule has 2 aliphatic rings. The van der Waals surface area contributed by atoms with Crippen molar-refractivity contribution in [3.63, 3.8) is 0 Å². The van der Waals surface area contributed by atoms with Crippen molar-refractivity contribution < 1.29 is 4.79 Å². The molecule has 0 aliphatic carbocycles. The van der Waals surface area contributed by atoms with E-state index in [-0.39, 0.29) is 17.0 Å². The molecule has 0 atom stereocenters. The van der Waals surface area contributed by atoms with Crippen LogP contribution in [-0.4, -0.2) is 52.4 Å². The fraction of sp³-hybridized carbons (Fsp3) is 0.484. The Morgan fingerprint density at radius 3 is 2.27 bits per heavy atom. The summed E-state index contributed by atoms with van der Waals surface area (Å²) >= 11 is 6.91. The summed E-state index contributed by atoms with van der Waals surface area (Å²) in [6, 6.07) is 12.5. The molecule has 212 valence electrons. The number of amides is 1. The summed E-state index contributed by atoms with van der Waals surface area (Å²) in [6.07, 6.45) is 7.89. The number of aromatic nitrogens is 1. The van der Waals surface area contributed by atoms with E-state index in [0.29, 0.717) is 27.9 Å². The number of carbonyl (C=O) groups is 1. The van der Waals surface area contributed by atoms with Crippen molar-refractivity contribution in [1.29, 1.82) is 5.26 Å². The molecule has 0 N–H and O–H groups in total. The first-order valence-electron chi connectivity index (χ1n) is 14.4. The normalized spacial score (nSPS) is 16.8. The van der Waals surface area contributed by atoms with Crippen LogP contribution < -0.4 is 15.4 Å². The molecular weight excluding hydrogens is 539 g/mol. The Morgan fingerprint density at radius 2 is 1.62 bits per heavy atom. The molecule has 4 rings (SSSR count). The Hall–Kier alpha value is -3.09. The molecule has 2 fully saturated rings. The van der Waals surface area contributed by atoms with Crippen molar-refractivity contribution in [2.75, 3.05) is 42.5 Å². The highest BCUT2D eigenvalue weighted by atomic mass is 32.2. The summed E-state index contributed by atoms with van der Waals surface area (Å²) in [6.45, 7) is 10.3. The van der Waals surface area contributed by atoms with E-state index in [9.17, 15) is 14.9 Å². The Kier molecular flexibility index (Phi) is 10.5. The maximum atomic E-state index is 13.6. The van der Waals surface area contributed by atoms with Gasteiger partial charge in [0.25, 0.3) is 11.5 Å². The van der Waals surface area contributed by atoms with Gasteiger partial charge in [-0.3, -0.25) is 19.1 Å². The zero-order chi connectivity index (χ0) is 28.6. The van der Waals surface area contributed by atoms with Crippen LogP contribution in [0.2, 0.25) is 0 Å². The molecule has 1 aromatic heterocycles. The van der Waals surface area contributed by atoms with E-state index in [2.05, 4.69) is 41.8 Å². The molecule has 0 unspecified atom stereocenters. The number of piperazine rings is 1. The number of hydrogen-bond donors (Lipinski definition) is 0. The second-order valence-electron chi connectivity index (χ2n) is 10.4. The van der Waals surface area contributed by atoms with Crippen molar-refractivity contribution >= 4 is 51.8 Å². The van der Waals surface area contributed by atoms with E-state index >= 15 is 0 Å².